The molecule has 0 amide bonds. The molecular weight excluding hydrogens is 268 g/mol. The van der Waals surface area contributed by atoms with Gasteiger partial charge in [-0.3, -0.25) is 4.79 Å². The van der Waals surface area contributed by atoms with Gasteiger partial charge in [-0.25, -0.2) is 0 Å². The van der Waals surface area contributed by atoms with E-state index in [-0.39, 0.29) is 10.5 Å². The number of rotatable bonds is 2. The molecule has 1 aromatic carbocycles. The Kier molecular flexibility index (Phi) is 4.39. The fourth-order valence-corrected chi connectivity index (χ4v) is 3.52. The Balaban J connectivity index is 2.35. The van der Waals surface area contributed by atoms with Crippen LogP contribution in [0, 0.1) is 11.3 Å². The van der Waals surface area contributed by atoms with Crippen LogP contribution in [0.5, 0.6) is 0 Å². The zero-order valence-electron chi connectivity index (χ0n) is 12.3. The van der Waals surface area contributed by atoms with Crippen LogP contribution in [0.3, 0.4) is 0 Å². The number of ketones is 1. The third kappa shape index (κ3) is 3.34. The number of benzene rings is 1. The van der Waals surface area contributed by atoms with Gasteiger partial charge in [-0.2, -0.15) is 17.0 Å². The van der Waals surface area contributed by atoms with Crippen LogP contribution >= 0.6 is 11.8 Å². The molecule has 1 saturated heterocycles. The quantitative estimate of drug-likeness (QED) is 0.781. The van der Waals surface area contributed by atoms with Gasteiger partial charge in [0, 0.05) is 34.8 Å². The zero-order valence-corrected chi connectivity index (χ0v) is 13.1. The zero-order chi connectivity index (χ0) is 14.8. The Hall–Kier alpha value is -1.47. The molecule has 20 heavy (non-hydrogen) atoms. The van der Waals surface area contributed by atoms with Crippen molar-refractivity contribution in [2.75, 3.05) is 23.7 Å². The van der Waals surface area contributed by atoms with E-state index in [1.807, 2.05) is 17.8 Å². The van der Waals surface area contributed by atoms with Crippen LogP contribution in [0.25, 0.3) is 0 Å². The van der Waals surface area contributed by atoms with Gasteiger partial charge in [0.15, 0.2) is 5.78 Å². The number of Topliss-reactive ketones (excluding diaryl/α,β-unsaturated/α-hetero) is 1. The van der Waals surface area contributed by atoms with E-state index < -0.39 is 0 Å². The Bertz CT molecular complexity index is 560. The highest BCUT2D eigenvalue weighted by Crippen LogP contribution is 2.33. The minimum atomic E-state index is 0.0562. The van der Waals surface area contributed by atoms with Gasteiger partial charge in [0.2, 0.25) is 0 Å². The number of nitriles is 1. The standard InChI is InChI=1S/C16H20N2OS/c1-12(19)14-5-4-13(11-17)10-15(14)18-7-6-16(2,3)20-9-8-18/h4-5,10H,6-9H2,1-3H3. The van der Waals surface area contributed by atoms with Crippen LogP contribution in [0.4, 0.5) is 5.69 Å². The molecule has 0 atom stereocenters. The predicted octanol–water partition coefficient (Wildman–Crippen LogP) is 3.48. The van der Waals surface area contributed by atoms with Crippen molar-refractivity contribution >= 4 is 23.2 Å². The van der Waals surface area contributed by atoms with E-state index in [4.69, 9.17) is 5.26 Å². The van der Waals surface area contributed by atoms with Crippen LogP contribution < -0.4 is 4.90 Å². The SMILES string of the molecule is CC(=O)c1ccc(C#N)cc1N1CCSC(C)(C)CC1. The predicted molar refractivity (Wildman–Crippen MR) is 84.5 cm³/mol. The molecule has 0 spiro atoms. The smallest absolute Gasteiger partial charge is 0.161 e. The Labute approximate surface area is 125 Å². The molecule has 4 heteroatoms. The molecule has 0 radical (unpaired) electrons. The second-order valence-corrected chi connectivity index (χ2v) is 7.55. The Morgan fingerprint density at radius 3 is 2.80 bits per heavy atom. The van der Waals surface area contributed by atoms with Gasteiger partial charge >= 0.3 is 0 Å². The summed E-state index contributed by atoms with van der Waals surface area (Å²) in [6.07, 6.45) is 1.08. The van der Waals surface area contributed by atoms with Crippen LogP contribution in [0.15, 0.2) is 18.2 Å². The van der Waals surface area contributed by atoms with Gasteiger partial charge < -0.3 is 4.90 Å². The minimum absolute atomic E-state index is 0.0562. The summed E-state index contributed by atoms with van der Waals surface area (Å²) >= 11 is 1.97. The van der Waals surface area contributed by atoms with E-state index in [0.717, 1.165) is 31.0 Å². The molecule has 0 aromatic heterocycles. The van der Waals surface area contributed by atoms with Crippen molar-refractivity contribution in [3.05, 3.63) is 29.3 Å². The monoisotopic (exact) mass is 288 g/mol. The second-order valence-electron chi connectivity index (χ2n) is 5.75. The molecule has 3 nitrogen and oxygen atoms in total. The van der Waals surface area contributed by atoms with Crippen LogP contribution in [-0.4, -0.2) is 29.4 Å². The van der Waals surface area contributed by atoms with Gasteiger partial charge in [-0.15, -0.1) is 0 Å². The van der Waals surface area contributed by atoms with Crippen molar-refractivity contribution in [1.82, 2.24) is 0 Å². The molecular formula is C16H20N2OS. The summed E-state index contributed by atoms with van der Waals surface area (Å²) in [4.78, 5) is 14.1. The highest BCUT2D eigenvalue weighted by atomic mass is 32.2. The van der Waals surface area contributed by atoms with Gasteiger partial charge in [0.25, 0.3) is 0 Å². The van der Waals surface area contributed by atoms with Gasteiger partial charge in [0.1, 0.15) is 0 Å². The first kappa shape index (κ1) is 14.9. The van der Waals surface area contributed by atoms with Crippen LogP contribution in [0.2, 0.25) is 0 Å². The van der Waals surface area contributed by atoms with Crippen molar-refractivity contribution in [3.63, 3.8) is 0 Å². The summed E-state index contributed by atoms with van der Waals surface area (Å²) in [7, 11) is 0. The molecule has 1 aliphatic rings. The molecule has 0 saturated carbocycles. The summed E-state index contributed by atoms with van der Waals surface area (Å²) in [5.41, 5.74) is 2.24. The Morgan fingerprint density at radius 2 is 2.15 bits per heavy atom. The topological polar surface area (TPSA) is 44.1 Å². The van der Waals surface area contributed by atoms with E-state index in [1.165, 1.54) is 0 Å². The summed E-state index contributed by atoms with van der Waals surface area (Å²) in [5.74, 6) is 1.10. The normalized spacial score (nSPS) is 18.2. The van der Waals surface area contributed by atoms with Crippen LogP contribution in [0.1, 0.15) is 43.1 Å². The fourth-order valence-electron chi connectivity index (χ4n) is 2.42. The Morgan fingerprint density at radius 1 is 1.40 bits per heavy atom. The molecule has 1 heterocycles. The van der Waals surface area contributed by atoms with E-state index in [1.54, 1.807) is 19.1 Å². The third-order valence-corrected chi connectivity index (χ3v) is 5.06. The maximum Gasteiger partial charge on any atom is 0.161 e. The number of carbonyl (C=O) groups excluding carboxylic acids is 1. The lowest BCUT2D eigenvalue weighted by molar-refractivity contribution is 0.101. The van der Waals surface area contributed by atoms with E-state index >= 15 is 0 Å². The number of hydrogen-bond donors (Lipinski definition) is 0. The summed E-state index contributed by atoms with van der Waals surface area (Å²) in [6.45, 7) is 7.96. The second kappa shape index (κ2) is 5.88. The molecule has 1 fully saturated rings. The maximum atomic E-state index is 11.8. The summed E-state index contributed by atoms with van der Waals surface area (Å²) in [6, 6.07) is 7.50. The lowest BCUT2D eigenvalue weighted by atomic mass is 10.0. The average Bonchev–Trinajstić information content (AvgIpc) is 2.58. The lowest BCUT2D eigenvalue weighted by Crippen LogP contribution is -2.28. The highest BCUT2D eigenvalue weighted by molar-refractivity contribution is 8.00. The summed E-state index contributed by atoms with van der Waals surface area (Å²) < 4.78 is 0.276. The maximum absolute atomic E-state index is 11.8. The van der Waals surface area contributed by atoms with Gasteiger partial charge in [-0.05, 0) is 31.5 Å². The first-order valence-electron chi connectivity index (χ1n) is 6.87. The average molecular weight is 288 g/mol. The number of carbonyl (C=O) groups is 1. The summed E-state index contributed by atoms with van der Waals surface area (Å²) in [5, 5.41) is 9.07. The van der Waals surface area contributed by atoms with E-state index in [9.17, 15) is 4.79 Å². The molecule has 106 valence electrons. The minimum Gasteiger partial charge on any atom is -0.370 e. The highest BCUT2D eigenvalue weighted by Gasteiger charge is 2.25. The van der Waals surface area contributed by atoms with Crippen LogP contribution in [-0.2, 0) is 0 Å². The number of hydrogen-bond acceptors (Lipinski definition) is 4. The molecule has 1 aliphatic heterocycles. The molecule has 0 unspecified atom stereocenters. The van der Waals surface area contributed by atoms with Gasteiger partial charge in [-0.1, -0.05) is 13.8 Å². The first-order chi connectivity index (χ1) is 9.43. The van der Waals surface area contributed by atoms with E-state index in [2.05, 4.69) is 24.8 Å². The van der Waals surface area contributed by atoms with Crippen molar-refractivity contribution < 1.29 is 4.79 Å². The van der Waals surface area contributed by atoms with Crippen molar-refractivity contribution in [2.45, 2.75) is 31.9 Å². The number of anilines is 1. The van der Waals surface area contributed by atoms with E-state index in [0.29, 0.717) is 11.1 Å². The van der Waals surface area contributed by atoms with Crippen molar-refractivity contribution in [1.29, 1.82) is 5.26 Å². The lowest BCUT2D eigenvalue weighted by Gasteiger charge is -2.26. The number of thioether (sulfide) groups is 1. The largest absolute Gasteiger partial charge is 0.370 e. The molecule has 0 aliphatic carbocycles. The third-order valence-electron chi connectivity index (χ3n) is 3.68. The first-order valence-corrected chi connectivity index (χ1v) is 7.85. The number of nitrogens with zero attached hydrogens (tertiary/aromatic N) is 2. The van der Waals surface area contributed by atoms with Crippen molar-refractivity contribution in [2.24, 2.45) is 0 Å². The van der Waals surface area contributed by atoms with Gasteiger partial charge in [0.05, 0.1) is 11.6 Å². The molecule has 0 bridgehead atoms. The van der Waals surface area contributed by atoms with Crippen molar-refractivity contribution in [3.8, 4) is 6.07 Å². The fraction of sp³-hybridized carbons (Fsp3) is 0.500. The molecule has 1 aromatic rings. The molecule has 2 rings (SSSR count). The molecule has 0 N–H and O–H groups in total.